The van der Waals surface area contributed by atoms with Crippen molar-refractivity contribution in [2.45, 2.75) is 39.8 Å². The van der Waals surface area contributed by atoms with E-state index in [2.05, 4.69) is 36.2 Å². The average molecular weight is 348 g/mol. The minimum absolute atomic E-state index is 0.0646. The average Bonchev–Trinajstić information content (AvgIpc) is 2.51. The van der Waals surface area contributed by atoms with E-state index in [1.165, 1.54) is 5.56 Å². The number of carbonyl (C=O) groups excluding carboxylic acids is 1. The highest BCUT2D eigenvalue weighted by atomic mass is 16.5. The molecule has 0 aromatic heterocycles. The van der Waals surface area contributed by atoms with Crippen LogP contribution in [0, 0.1) is 11.8 Å². The number of carbonyl (C=O) groups is 1. The second-order valence-electron chi connectivity index (χ2n) is 7.43. The molecule has 1 saturated heterocycles. The van der Waals surface area contributed by atoms with Gasteiger partial charge < -0.3 is 14.8 Å². The Kier molecular flexibility index (Phi) is 7.72. The maximum Gasteiger partial charge on any atom is 0.225 e. The van der Waals surface area contributed by atoms with Crippen molar-refractivity contribution in [1.29, 1.82) is 0 Å². The Balaban J connectivity index is 1.68. The molecular weight excluding hydrogens is 316 g/mol. The Hall–Kier alpha value is -1.59. The fourth-order valence-corrected chi connectivity index (χ4v) is 2.88. The summed E-state index contributed by atoms with van der Waals surface area (Å²) in [4.78, 5) is 14.4. The summed E-state index contributed by atoms with van der Waals surface area (Å²) in [6, 6.07) is 8.35. The summed E-state index contributed by atoms with van der Waals surface area (Å²) in [7, 11) is 1.65. The molecule has 0 spiro atoms. The molecule has 0 bridgehead atoms. The van der Waals surface area contributed by atoms with Gasteiger partial charge in [-0.05, 0) is 37.0 Å². The van der Waals surface area contributed by atoms with E-state index < -0.39 is 0 Å². The summed E-state index contributed by atoms with van der Waals surface area (Å²) in [5.74, 6) is 1.82. The van der Waals surface area contributed by atoms with Crippen LogP contribution in [0.15, 0.2) is 24.3 Å². The van der Waals surface area contributed by atoms with Gasteiger partial charge in [-0.1, -0.05) is 26.0 Å². The van der Waals surface area contributed by atoms with E-state index in [0.29, 0.717) is 12.5 Å². The lowest BCUT2D eigenvalue weighted by Crippen LogP contribution is -2.54. The molecule has 5 nitrogen and oxygen atoms in total. The van der Waals surface area contributed by atoms with Gasteiger partial charge >= 0.3 is 0 Å². The van der Waals surface area contributed by atoms with Crippen LogP contribution in [0.3, 0.4) is 0 Å². The van der Waals surface area contributed by atoms with E-state index >= 15 is 0 Å². The smallest absolute Gasteiger partial charge is 0.225 e. The van der Waals surface area contributed by atoms with Gasteiger partial charge in [-0.25, -0.2) is 0 Å². The molecule has 1 atom stereocenters. The highest BCUT2D eigenvalue weighted by Crippen LogP contribution is 2.20. The Bertz CT molecular complexity index is 524. The van der Waals surface area contributed by atoms with Crippen molar-refractivity contribution in [1.82, 2.24) is 10.2 Å². The van der Waals surface area contributed by atoms with Crippen molar-refractivity contribution in [2.75, 3.05) is 33.4 Å². The number of nitrogens with zero attached hydrogens (tertiary/aromatic N) is 1. The quantitative estimate of drug-likeness (QED) is 0.706. The van der Waals surface area contributed by atoms with Crippen molar-refractivity contribution in [3.8, 4) is 5.75 Å². The van der Waals surface area contributed by atoms with Crippen LogP contribution in [0.4, 0.5) is 0 Å². The van der Waals surface area contributed by atoms with Gasteiger partial charge in [0, 0.05) is 32.8 Å². The number of hydrogen-bond donors (Lipinski definition) is 1. The molecule has 0 aliphatic carbocycles. The van der Waals surface area contributed by atoms with Gasteiger partial charge in [0.1, 0.15) is 5.75 Å². The summed E-state index contributed by atoms with van der Waals surface area (Å²) in [5.41, 5.74) is 1.25. The topological polar surface area (TPSA) is 50.8 Å². The molecule has 0 unspecified atom stereocenters. The first-order valence-corrected chi connectivity index (χ1v) is 9.21. The van der Waals surface area contributed by atoms with E-state index in [0.717, 1.165) is 38.4 Å². The van der Waals surface area contributed by atoms with Crippen LogP contribution >= 0.6 is 0 Å². The van der Waals surface area contributed by atoms with Crippen LogP contribution in [0.1, 0.15) is 32.8 Å². The molecule has 1 aliphatic rings. The first kappa shape index (κ1) is 19.7. The number of rotatable bonds is 10. The molecule has 1 aromatic carbocycles. The maximum atomic E-state index is 12.1. The van der Waals surface area contributed by atoms with E-state index in [9.17, 15) is 4.79 Å². The number of ether oxygens (including phenoxy) is 2. The first-order valence-electron chi connectivity index (χ1n) is 9.21. The van der Waals surface area contributed by atoms with E-state index in [1.807, 2.05) is 19.1 Å². The van der Waals surface area contributed by atoms with Crippen molar-refractivity contribution in [3.05, 3.63) is 29.8 Å². The Morgan fingerprint density at radius 2 is 1.92 bits per heavy atom. The van der Waals surface area contributed by atoms with Crippen LogP contribution in [0.2, 0.25) is 0 Å². The Labute approximate surface area is 151 Å². The zero-order valence-electron chi connectivity index (χ0n) is 16.0. The number of hydrogen-bond acceptors (Lipinski definition) is 4. The van der Waals surface area contributed by atoms with Gasteiger partial charge in [0.25, 0.3) is 0 Å². The van der Waals surface area contributed by atoms with Crippen LogP contribution in [0.5, 0.6) is 5.75 Å². The molecule has 1 amide bonds. The number of methoxy groups -OCH3 is 1. The minimum atomic E-state index is 0.0646. The summed E-state index contributed by atoms with van der Waals surface area (Å²) in [6.45, 7) is 10.2. The third kappa shape index (κ3) is 6.67. The summed E-state index contributed by atoms with van der Waals surface area (Å²) >= 11 is 0. The highest BCUT2D eigenvalue weighted by Gasteiger charge is 2.32. The molecule has 1 aromatic rings. The van der Waals surface area contributed by atoms with Gasteiger partial charge in [0.2, 0.25) is 5.91 Å². The van der Waals surface area contributed by atoms with Crippen LogP contribution in [0.25, 0.3) is 0 Å². The van der Waals surface area contributed by atoms with Gasteiger partial charge in [-0.15, -0.1) is 0 Å². The summed E-state index contributed by atoms with van der Waals surface area (Å²) in [6.07, 6.45) is 1.07. The first-order chi connectivity index (χ1) is 12.0. The molecule has 2 rings (SSSR count). The molecule has 140 valence electrons. The van der Waals surface area contributed by atoms with E-state index in [4.69, 9.17) is 9.47 Å². The lowest BCUT2D eigenvalue weighted by Gasteiger charge is -2.38. The lowest BCUT2D eigenvalue weighted by molar-refractivity contribution is -0.131. The van der Waals surface area contributed by atoms with Crippen LogP contribution < -0.4 is 10.1 Å². The molecule has 5 heteroatoms. The standard InChI is InChI=1S/C20H32N2O3/c1-15(2)9-10-25-19-7-5-17(6-8-19)11-22-12-18(13-22)20(23)21-16(3)14-24-4/h5-8,15-16,18H,9-14H2,1-4H3,(H,21,23)/t16-/m0/s1. The van der Waals surface area contributed by atoms with Gasteiger partial charge in [-0.2, -0.15) is 0 Å². The highest BCUT2D eigenvalue weighted by molar-refractivity contribution is 5.80. The number of amides is 1. The molecule has 1 N–H and O–H groups in total. The van der Waals surface area contributed by atoms with E-state index in [1.54, 1.807) is 7.11 Å². The zero-order valence-corrected chi connectivity index (χ0v) is 16.0. The van der Waals surface area contributed by atoms with E-state index in [-0.39, 0.29) is 17.9 Å². The predicted molar refractivity (Wildman–Crippen MR) is 99.6 cm³/mol. The maximum absolute atomic E-state index is 12.1. The predicted octanol–water partition coefficient (Wildman–Crippen LogP) is 2.69. The largest absolute Gasteiger partial charge is 0.494 e. The molecule has 25 heavy (non-hydrogen) atoms. The van der Waals surface area contributed by atoms with Gasteiger partial charge in [-0.3, -0.25) is 9.69 Å². The minimum Gasteiger partial charge on any atom is -0.494 e. The second-order valence-corrected chi connectivity index (χ2v) is 7.43. The fourth-order valence-electron chi connectivity index (χ4n) is 2.88. The summed E-state index contributed by atoms with van der Waals surface area (Å²) in [5, 5.41) is 2.99. The normalized spacial score (nSPS) is 16.5. The van der Waals surface area contributed by atoms with Crippen LogP contribution in [-0.4, -0.2) is 50.3 Å². The third-order valence-electron chi connectivity index (χ3n) is 4.43. The molecular formula is C20H32N2O3. The monoisotopic (exact) mass is 348 g/mol. The fraction of sp³-hybridized carbons (Fsp3) is 0.650. The van der Waals surface area contributed by atoms with Crippen LogP contribution in [-0.2, 0) is 16.1 Å². The summed E-state index contributed by atoms with van der Waals surface area (Å²) < 4.78 is 10.8. The number of likely N-dealkylation sites (tertiary alicyclic amines) is 1. The molecule has 1 heterocycles. The molecule has 0 radical (unpaired) electrons. The molecule has 1 aliphatic heterocycles. The number of nitrogens with one attached hydrogen (secondary N) is 1. The molecule has 1 fully saturated rings. The van der Waals surface area contributed by atoms with Gasteiger partial charge in [0.05, 0.1) is 19.1 Å². The van der Waals surface area contributed by atoms with Crippen molar-refractivity contribution < 1.29 is 14.3 Å². The Morgan fingerprint density at radius 3 is 2.52 bits per heavy atom. The Morgan fingerprint density at radius 1 is 1.24 bits per heavy atom. The van der Waals surface area contributed by atoms with Gasteiger partial charge in [0.15, 0.2) is 0 Å². The lowest BCUT2D eigenvalue weighted by atomic mass is 9.98. The third-order valence-corrected chi connectivity index (χ3v) is 4.43. The zero-order chi connectivity index (χ0) is 18.2. The second kappa shape index (κ2) is 9.78. The SMILES string of the molecule is COC[C@H](C)NC(=O)C1CN(Cc2ccc(OCCC(C)C)cc2)C1. The van der Waals surface area contributed by atoms with Crippen molar-refractivity contribution in [3.63, 3.8) is 0 Å². The van der Waals surface area contributed by atoms with Crippen molar-refractivity contribution in [2.24, 2.45) is 11.8 Å². The molecule has 0 saturated carbocycles. The van der Waals surface area contributed by atoms with Crippen molar-refractivity contribution >= 4 is 5.91 Å². The number of benzene rings is 1.